The van der Waals surface area contributed by atoms with Crippen LogP contribution in [-0.4, -0.2) is 26.9 Å². The molecular formula is C20H32N2O3S. The SMILES string of the molecule is CC(C)CCC(C)NC(=O)CCNS(=O)(=O)c1ccc2c(c1)CCCC2. The number of rotatable bonds is 9. The lowest BCUT2D eigenvalue weighted by Crippen LogP contribution is -2.35. The van der Waals surface area contributed by atoms with E-state index in [1.807, 2.05) is 13.0 Å². The first-order valence-corrected chi connectivity index (χ1v) is 11.2. The molecule has 146 valence electrons. The van der Waals surface area contributed by atoms with E-state index in [1.54, 1.807) is 12.1 Å². The van der Waals surface area contributed by atoms with Gasteiger partial charge < -0.3 is 5.32 Å². The Kier molecular flexibility index (Phi) is 7.65. The van der Waals surface area contributed by atoms with E-state index in [2.05, 4.69) is 23.9 Å². The molecule has 1 aromatic rings. The molecule has 0 spiro atoms. The van der Waals surface area contributed by atoms with Gasteiger partial charge in [0.1, 0.15) is 0 Å². The van der Waals surface area contributed by atoms with Crippen molar-refractivity contribution in [2.45, 2.75) is 76.7 Å². The van der Waals surface area contributed by atoms with Gasteiger partial charge in [0.05, 0.1) is 4.90 Å². The molecule has 0 fully saturated rings. The van der Waals surface area contributed by atoms with Crippen LogP contribution in [0.2, 0.25) is 0 Å². The van der Waals surface area contributed by atoms with Crippen molar-refractivity contribution in [3.8, 4) is 0 Å². The molecule has 2 rings (SSSR count). The Morgan fingerprint density at radius 2 is 1.77 bits per heavy atom. The second kappa shape index (κ2) is 9.51. The number of amides is 1. The van der Waals surface area contributed by atoms with Gasteiger partial charge >= 0.3 is 0 Å². The molecule has 5 nitrogen and oxygen atoms in total. The fourth-order valence-electron chi connectivity index (χ4n) is 3.26. The van der Waals surface area contributed by atoms with Crippen LogP contribution >= 0.6 is 0 Å². The van der Waals surface area contributed by atoms with E-state index in [4.69, 9.17) is 0 Å². The molecule has 26 heavy (non-hydrogen) atoms. The van der Waals surface area contributed by atoms with Gasteiger partial charge in [-0.1, -0.05) is 19.9 Å². The Balaban J connectivity index is 1.82. The molecule has 0 saturated heterocycles. The molecule has 0 radical (unpaired) electrons. The number of nitrogens with one attached hydrogen (secondary N) is 2. The van der Waals surface area contributed by atoms with E-state index in [0.717, 1.165) is 37.7 Å². The van der Waals surface area contributed by atoms with Crippen LogP contribution in [-0.2, 0) is 27.7 Å². The zero-order valence-corrected chi connectivity index (χ0v) is 17.0. The lowest BCUT2D eigenvalue weighted by atomic mass is 9.92. The number of hydrogen-bond donors (Lipinski definition) is 2. The van der Waals surface area contributed by atoms with E-state index in [0.29, 0.717) is 10.8 Å². The Labute approximate surface area is 158 Å². The Hall–Kier alpha value is -1.40. The van der Waals surface area contributed by atoms with E-state index < -0.39 is 10.0 Å². The van der Waals surface area contributed by atoms with Crippen LogP contribution in [0.25, 0.3) is 0 Å². The van der Waals surface area contributed by atoms with Crippen LogP contribution in [0.5, 0.6) is 0 Å². The molecule has 1 aromatic carbocycles. The van der Waals surface area contributed by atoms with E-state index in [9.17, 15) is 13.2 Å². The molecule has 1 unspecified atom stereocenters. The zero-order valence-electron chi connectivity index (χ0n) is 16.2. The minimum atomic E-state index is -3.57. The van der Waals surface area contributed by atoms with Gasteiger partial charge in [-0.3, -0.25) is 4.79 Å². The maximum absolute atomic E-state index is 12.5. The summed E-state index contributed by atoms with van der Waals surface area (Å²) in [5.74, 6) is 0.493. The topological polar surface area (TPSA) is 75.3 Å². The Morgan fingerprint density at radius 3 is 2.46 bits per heavy atom. The smallest absolute Gasteiger partial charge is 0.240 e. The number of hydrogen-bond acceptors (Lipinski definition) is 3. The van der Waals surface area contributed by atoms with Gasteiger partial charge in [-0.2, -0.15) is 0 Å². The van der Waals surface area contributed by atoms with Crippen molar-refractivity contribution in [3.05, 3.63) is 29.3 Å². The Morgan fingerprint density at radius 1 is 1.08 bits per heavy atom. The first kappa shape index (κ1) is 20.9. The predicted octanol–water partition coefficient (Wildman–Crippen LogP) is 3.17. The number of sulfonamides is 1. The zero-order chi connectivity index (χ0) is 19.2. The number of carbonyl (C=O) groups is 1. The fraction of sp³-hybridized carbons (Fsp3) is 0.650. The third-order valence-electron chi connectivity index (χ3n) is 4.86. The highest BCUT2D eigenvalue weighted by Gasteiger charge is 2.18. The summed E-state index contributed by atoms with van der Waals surface area (Å²) in [5.41, 5.74) is 2.39. The summed E-state index contributed by atoms with van der Waals surface area (Å²) in [7, 11) is -3.57. The normalized spacial score (nSPS) is 15.5. The van der Waals surface area contributed by atoms with Crippen molar-refractivity contribution in [1.29, 1.82) is 0 Å². The minimum Gasteiger partial charge on any atom is -0.354 e. The average molecular weight is 381 g/mol. The van der Waals surface area contributed by atoms with Crippen LogP contribution in [0.15, 0.2) is 23.1 Å². The molecule has 1 aliphatic carbocycles. The summed E-state index contributed by atoms with van der Waals surface area (Å²) >= 11 is 0. The van der Waals surface area contributed by atoms with Gasteiger partial charge in [0.2, 0.25) is 15.9 Å². The first-order valence-electron chi connectivity index (χ1n) is 9.69. The van der Waals surface area contributed by atoms with Crippen molar-refractivity contribution in [3.63, 3.8) is 0 Å². The molecule has 2 N–H and O–H groups in total. The maximum atomic E-state index is 12.5. The molecule has 1 amide bonds. The number of carbonyl (C=O) groups excluding carboxylic acids is 1. The van der Waals surface area contributed by atoms with Gasteiger partial charge in [-0.25, -0.2) is 13.1 Å². The summed E-state index contributed by atoms with van der Waals surface area (Å²) in [6, 6.07) is 5.49. The van der Waals surface area contributed by atoms with E-state index in [1.165, 1.54) is 12.0 Å². The quantitative estimate of drug-likeness (QED) is 0.691. The van der Waals surface area contributed by atoms with Gasteiger partial charge in [-0.15, -0.1) is 0 Å². The molecule has 1 aliphatic rings. The third kappa shape index (κ3) is 6.40. The summed E-state index contributed by atoms with van der Waals surface area (Å²) in [4.78, 5) is 12.3. The standard InChI is InChI=1S/C20H32N2O3S/c1-15(2)8-9-16(3)22-20(23)12-13-21-26(24,25)19-11-10-17-6-4-5-7-18(17)14-19/h10-11,14-16,21H,4-9,12-13H2,1-3H3,(H,22,23). The lowest BCUT2D eigenvalue weighted by Gasteiger charge is -2.17. The molecular weight excluding hydrogens is 348 g/mol. The monoisotopic (exact) mass is 380 g/mol. The van der Waals surface area contributed by atoms with Crippen LogP contribution in [0.3, 0.4) is 0 Å². The second-order valence-electron chi connectivity index (χ2n) is 7.73. The van der Waals surface area contributed by atoms with Crippen molar-refractivity contribution in [1.82, 2.24) is 10.0 Å². The Bertz CT molecular complexity index is 714. The van der Waals surface area contributed by atoms with Crippen molar-refractivity contribution < 1.29 is 13.2 Å². The molecule has 6 heteroatoms. The van der Waals surface area contributed by atoms with Crippen molar-refractivity contribution in [2.75, 3.05) is 6.54 Å². The highest BCUT2D eigenvalue weighted by molar-refractivity contribution is 7.89. The third-order valence-corrected chi connectivity index (χ3v) is 6.32. The molecule has 0 aliphatic heterocycles. The number of aryl methyl sites for hydroxylation is 2. The largest absolute Gasteiger partial charge is 0.354 e. The van der Waals surface area contributed by atoms with E-state index >= 15 is 0 Å². The maximum Gasteiger partial charge on any atom is 0.240 e. The average Bonchev–Trinajstić information content (AvgIpc) is 2.59. The molecule has 0 bridgehead atoms. The van der Waals surface area contributed by atoms with Crippen LogP contribution in [0.1, 0.15) is 64.0 Å². The number of benzene rings is 1. The summed E-state index contributed by atoms with van der Waals surface area (Å²) in [6.45, 7) is 6.41. The van der Waals surface area contributed by atoms with Gasteiger partial charge in [0.15, 0.2) is 0 Å². The van der Waals surface area contributed by atoms with Crippen molar-refractivity contribution in [2.24, 2.45) is 5.92 Å². The molecule has 0 saturated carbocycles. The molecule has 0 heterocycles. The van der Waals surface area contributed by atoms with Crippen LogP contribution in [0, 0.1) is 5.92 Å². The van der Waals surface area contributed by atoms with E-state index in [-0.39, 0.29) is 24.9 Å². The molecule has 1 atom stereocenters. The van der Waals surface area contributed by atoms with Gasteiger partial charge in [0, 0.05) is 19.0 Å². The van der Waals surface area contributed by atoms with Crippen molar-refractivity contribution >= 4 is 15.9 Å². The molecule has 0 aromatic heterocycles. The van der Waals surface area contributed by atoms with Crippen LogP contribution in [0.4, 0.5) is 0 Å². The highest BCUT2D eigenvalue weighted by Crippen LogP contribution is 2.24. The summed E-state index contributed by atoms with van der Waals surface area (Å²) < 4.78 is 27.5. The fourth-order valence-corrected chi connectivity index (χ4v) is 4.34. The summed E-state index contributed by atoms with van der Waals surface area (Å²) in [6.07, 6.45) is 6.39. The second-order valence-corrected chi connectivity index (χ2v) is 9.49. The number of fused-ring (bicyclic) bond motifs is 1. The first-order chi connectivity index (χ1) is 12.3. The minimum absolute atomic E-state index is 0.113. The predicted molar refractivity (Wildman–Crippen MR) is 105 cm³/mol. The van der Waals surface area contributed by atoms with Gasteiger partial charge in [0.25, 0.3) is 0 Å². The lowest BCUT2D eigenvalue weighted by molar-refractivity contribution is -0.121. The van der Waals surface area contributed by atoms with Crippen LogP contribution < -0.4 is 10.0 Å². The highest BCUT2D eigenvalue weighted by atomic mass is 32.2. The van der Waals surface area contributed by atoms with Gasteiger partial charge in [-0.05, 0) is 74.6 Å². The summed E-state index contributed by atoms with van der Waals surface area (Å²) in [5, 5.41) is 2.93.